The molecule has 1 aromatic rings. The molecule has 1 aromatic carbocycles. The molecule has 1 aliphatic carbocycles. The highest BCUT2D eigenvalue weighted by molar-refractivity contribution is 5.97. The topological polar surface area (TPSA) is 98.7 Å². The van der Waals surface area contributed by atoms with Crippen LogP contribution in [-0.2, 0) is 4.79 Å². The summed E-state index contributed by atoms with van der Waals surface area (Å²) in [6.07, 6.45) is 3.72. The molecule has 0 bridgehead atoms. The summed E-state index contributed by atoms with van der Waals surface area (Å²) in [4.78, 5) is 24.0. The monoisotopic (exact) mass is 408 g/mol. The van der Waals surface area contributed by atoms with Crippen LogP contribution in [0.3, 0.4) is 0 Å². The van der Waals surface area contributed by atoms with Crippen molar-refractivity contribution in [2.45, 2.75) is 63.5 Å². The Morgan fingerprint density at radius 2 is 1.83 bits per heavy atom. The lowest BCUT2D eigenvalue weighted by atomic mass is 9.87. The molecule has 0 aromatic heterocycles. The standard InChI is InChI=1S/C21H26F2N2O4/c1-21(28,20(22)23)17(19(27)25-29)24-18(26)16-12-10-15(11-13-16)9-5-8-14-6-3-2-4-7-14/h10-14,17,20,28-29H,2-4,6-8H2,1H3,(H,24,26)(H,25,27)/t17-,21+/m1/s1. The van der Waals surface area contributed by atoms with E-state index in [0.29, 0.717) is 18.4 Å². The number of aliphatic hydroxyl groups is 1. The summed E-state index contributed by atoms with van der Waals surface area (Å²) >= 11 is 0. The predicted octanol–water partition coefficient (Wildman–Crippen LogP) is 2.63. The van der Waals surface area contributed by atoms with Gasteiger partial charge in [-0.1, -0.05) is 31.1 Å². The summed E-state index contributed by atoms with van der Waals surface area (Å²) in [6, 6.07) is 4.09. The van der Waals surface area contributed by atoms with Crippen molar-refractivity contribution in [3.05, 3.63) is 35.4 Å². The lowest BCUT2D eigenvalue weighted by Crippen LogP contribution is -2.61. The van der Waals surface area contributed by atoms with Crippen LogP contribution in [0.5, 0.6) is 0 Å². The smallest absolute Gasteiger partial charge is 0.269 e. The van der Waals surface area contributed by atoms with E-state index >= 15 is 0 Å². The SMILES string of the molecule is C[C@@](O)(C(F)F)[C@H](NC(=O)c1ccc(C#CCC2CCCCC2)cc1)C(=O)NO. The van der Waals surface area contributed by atoms with Crippen molar-refractivity contribution in [2.24, 2.45) is 5.92 Å². The highest BCUT2D eigenvalue weighted by atomic mass is 19.3. The molecule has 0 unspecified atom stereocenters. The molecule has 29 heavy (non-hydrogen) atoms. The molecule has 1 saturated carbocycles. The van der Waals surface area contributed by atoms with Crippen molar-refractivity contribution in [2.75, 3.05) is 0 Å². The number of hydroxylamine groups is 1. The van der Waals surface area contributed by atoms with E-state index in [1.807, 2.05) is 5.32 Å². The predicted molar refractivity (Wildman–Crippen MR) is 102 cm³/mol. The third kappa shape index (κ3) is 6.24. The zero-order valence-corrected chi connectivity index (χ0v) is 16.3. The van der Waals surface area contributed by atoms with E-state index in [4.69, 9.17) is 5.21 Å². The van der Waals surface area contributed by atoms with Gasteiger partial charge >= 0.3 is 0 Å². The number of rotatable bonds is 6. The minimum absolute atomic E-state index is 0.101. The minimum atomic E-state index is -3.33. The first-order valence-electron chi connectivity index (χ1n) is 9.60. The molecule has 2 atom stereocenters. The number of hydrogen-bond donors (Lipinski definition) is 4. The molecule has 6 nitrogen and oxygen atoms in total. The molecular weight excluding hydrogens is 382 g/mol. The Hall–Kier alpha value is -2.50. The van der Waals surface area contributed by atoms with Crippen molar-refractivity contribution in [3.8, 4) is 11.8 Å². The maximum atomic E-state index is 13.0. The lowest BCUT2D eigenvalue weighted by Gasteiger charge is -2.30. The van der Waals surface area contributed by atoms with Gasteiger partial charge in [-0.25, -0.2) is 14.3 Å². The third-order valence-corrected chi connectivity index (χ3v) is 5.17. The molecule has 2 amide bonds. The van der Waals surface area contributed by atoms with Crippen molar-refractivity contribution in [3.63, 3.8) is 0 Å². The Balaban J connectivity index is 2.02. The number of alkyl halides is 2. The van der Waals surface area contributed by atoms with Gasteiger partial charge in [0.05, 0.1) is 0 Å². The maximum Gasteiger partial charge on any atom is 0.269 e. The zero-order valence-electron chi connectivity index (χ0n) is 16.3. The summed E-state index contributed by atoms with van der Waals surface area (Å²) in [5.41, 5.74) is -0.881. The van der Waals surface area contributed by atoms with Gasteiger partial charge in [0, 0.05) is 17.5 Å². The van der Waals surface area contributed by atoms with Crippen molar-refractivity contribution in [1.82, 2.24) is 10.8 Å². The minimum Gasteiger partial charge on any atom is -0.381 e. The fraction of sp³-hybridized carbons (Fsp3) is 0.524. The van der Waals surface area contributed by atoms with Crippen LogP contribution in [-0.4, -0.2) is 40.2 Å². The Morgan fingerprint density at radius 3 is 2.38 bits per heavy atom. The normalized spacial score (nSPS) is 17.6. The quantitative estimate of drug-likeness (QED) is 0.330. The van der Waals surface area contributed by atoms with E-state index < -0.39 is 29.9 Å². The largest absolute Gasteiger partial charge is 0.381 e. The van der Waals surface area contributed by atoms with Crippen LogP contribution in [0.15, 0.2) is 24.3 Å². The van der Waals surface area contributed by atoms with Crippen molar-refractivity contribution in [1.29, 1.82) is 0 Å². The molecule has 0 radical (unpaired) electrons. The maximum absolute atomic E-state index is 13.0. The average Bonchev–Trinajstić information content (AvgIpc) is 2.72. The third-order valence-electron chi connectivity index (χ3n) is 5.17. The van der Waals surface area contributed by atoms with Crippen LogP contribution in [0.25, 0.3) is 0 Å². The second-order valence-corrected chi connectivity index (χ2v) is 7.50. The fourth-order valence-corrected chi connectivity index (χ4v) is 3.28. The Bertz CT molecular complexity index is 763. The Kier molecular flexibility index (Phi) is 8.11. The van der Waals surface area contributed by atoms with Crippen LogP contribution in [0, 0.1) is 17.8 Å². The molecule has 1 aliphatic rings. The van der Waals surface area contributed by atoms with Crippen LogP contribution >= 0.6 is 0 Å². The Morgan fingerprint density at radius 1 is 1.21 bits per heavy atom. The van der Waals surface area contributed by atoms with E-state index in [1.165, 1.54) is 49.7 Å². The van der Waals surface area contributed by atoms with E-state index in [0.717, 1.165) is 6.42 Å². The van der Waals surface area contributed by atoms with E-state index in [2.05, 4.69) is 11.8 Å². The van der Waals surface area contributed by atoms with Crippen LogP contribution in [0.1, 0.15) is 61.4 Å². The second kappa shape index (κ2) is 10.3. The number of amides is 2. The first-order valence-corrected chi connectivity index (χ1v) is 9.60. The van der Waals surface area contributed by atoms with Gasteiger partial charge in [-0.2, -0.15) is 0 Å². The van der Waals surface area contributed by atoms with Gasteiger partial charge in [-0.05, 0) is 49.9 Å². The fourth-order valence-electron chi connectivity index (χ4n) is 3.28. The molecule has 0 aliphatic heterocycles. The molecule has 8 heteroatoms. The second-order valence-electron chi connectivity index (χ2n) is 7.50. The van der Waals surface area contributed by atoms with E-state index in [1.54, 1.807) is 12.1 Å². The summed E-state index contributed by atoms with van der Waals surface area (Å²) in [7, 11) is 0. The summed E-state index contributed by atoms with van der Waals surface area (Å²) in [6.45, 7) is 0.697. The first kappa shape index (κ1) is 22.8. The van der Waals surface area contributed by atoms with Crippen molar-refractivity contribution >= 4 is 11.8 Å². The number of halogens is 2. The number of benzene rings is 1. The number of hydrogen-bond acceptors (Lipinski definition) is 4. The number of carbonyl (C=O) groups is 2. The van der Waals surface area contributed by atoms with Gasteiger partial charge in [-0.15, -0.1) is 0 Å². The lowest BCUT2D eigenvalue weighted by molar-refractivity contribution is -0.149. The average molecular weight is 408 g/mol. The number of carbonyl (C=O) groups excluding carboxylic acids is 2. The van der Waals surface area contributed by atoms with Gasteiger partial charge in [0.2, 0.25) is 0 Å². The van der Waals surface area contributed by atoms with Gasteiger partial charge < -0.3 is 10.4 Å². The molecule has 158 valence electrons. The van der Waals surface area contributed by atoms with Crippen LogP contribution < -0.4 is 10.8 Å². The molecule has 0 saturated heterocycles. The first-order chi connectivity index (χ1) is 13.8. The highest BCUT2D eigenvalue weighted by Crippen LogP contribution is 2.25. The summed E-state index contributed by atoms with van der Waals surface area (Å²) < 4.78 is 26.1. The molecule has 2 rings (SSSR count). The Labute approximate surface area is 168 Å². The zero-order chi connectivity index (χ0) is 21.4. The molecule has 0 spiro atoms. The van der Waals surface area contributed by atoms with Gasteiger partial charge in [0.1, 0.15) is 6.04 Å². The summed E-state index contributed by atoms with van der Waals surface area (Å²) in [5.74, 6) is 4.65. The van der Waals surface area contributed by atoms with Gasteiger partial charge in [-0.3, -0.25) is 14.8 Å². The molecule has 1 fully saturated rings. The van der Waals surface area contributed by atoms with Crippen LogP contribution in [0.2, 0.25) is 0 Å². The van der Waals surface area contributed by atoms with Crippen LogP contribution in [0.4, 0.5) is 8.78 Å². The number of nitrogens with one attached hydrogen (secondary N) is 2. The molecule has 0 heterocycles. The van der Waals surface area contributed by atoms with E-state index in [9.17, 15) is 23.5 Å². The van der Waals surface area contributed by atoms with Crippen molar-refractivity contribution < 1.29 is 28.7 Å². The van der Waals surface area contributed by atoms with E-state index in [-0.39, 0.29) is 5.56 Å². The van der Waals surface area contributed by atoms with Gasteiger partial charge in [0.25, 0.3) is 18.2 Å². The molecular formula is C21H26F2N2O4. The summed E-state index contributed by atoms with van der Waals surface area (Å²) in [5, 5.41) is 20.6. The highest BCUT2D eigenvalue weighted by Gasteiger charge is 2.46. The molecule has 4 N–H and O–H groups in total. The van der Waals surface area contributed by atoms with Gasteiger partial charge in [0.15, 0.2) is 5.60 Å².